The molecule has 6 rings (SSSR count). The summed E-state index contributed by atoms with van der Waals surface area (Å²) in [6, 6.07) is 23.1. The van der Waals surface area contributed by atoms with Crippen LogP contribution in [-0.4, -0.2) is 14.5 Å². The van der Waals surface area contributed by atoms with Crippen LogP contribution in [0.1, 0.15) is 65.2 Å². The van der Waals surface area contributed by atoms with Crippen LogP contribution in [-0.2, 0) is 0 Å². The number of thiazole rings is 1. The molecule has 5 aromatic rings. The van der Waals surface area contributed by atoms with Gasteiger partial charge >= 0.3 is 0 Å². The molecule has 1 aliphatic carbocycles. The van der Waals surface area contributed by atoms with Gasteiger partial charge in [0.1, 0.15) is 10.8 Å². The van der Waals surface area contributed by atoms with Crippen molar-refractivity contribution in [3.8, 4) is 0 Å². The number of hydrogen-bond donors (Lipinski definition) is 0. The molecule has 2 atom stereocenters. The van der Waals surface area contributed by atoms with Gasteiger partial charge in [-0.25, -0.2) is 9.97 Å². The molecule has 0 spiro atoms. The van der Waals surface area contributed by atoms with E-state index in [0.717, 1.165) is 26.1 Å². The molecule has 3 nitrogen and oxygen atoms in total. The van der Waals surface area contributed by atoms with E-state index in [0.29, 0.717) is 5.92 Å². The van der Waals surface area contributed by atoms with Crippen LogP contribution in [0, 0.1) is 0 Å². The molecule has 0 saturated heterocycles. The second-order valence-electron chi connectivity index (χ2n) is 8.94. The van der Waals surface area contributed by atoms with Crippen LogP contribution in [0.15, 0.2) is 78.3 Å². The average Bonchev–Trinajstić information content (AvgIpc) is 3.42. The maximum Gasteiger partial charge on any atom is 0.113 e. The van der Waals surface area contributed by atoms with Crippen LogP contribution >= 0.6 is 34.5 Å². The van der Waals surface area contributed by atoms with Crippen molar-refractivity contribution in [1.29, 1.82) is 0 Å². The minimum Gasteiger partial charge on any atom is -0.320 e. The number of fused-ring (bicyclic) bond motifs is 1. The van der Waals surface area contributed by atoms with Gasteiger partial charge in [-0.15, -0.1) is 11.3 Å². The van der Waals surface area contributed by atoms with Gasteiger partial charge in [-0.2, -0.15) is 0 Å². The molecule has 2 aromatic heterocycles. The lowest BCUT2D eigenvalue weighted by atomic mass is 9.91. The molecule has 1 fully saturated rings. The van der Waals surface area contributed by atoms with Crippen LogP contribution < -0.4 is 0 Å². The van der Waals surface area contributed by atoms with Crippen molar-refractivity contribution >= 4 is 45.6 Å². The van der Waals surface area contributed by atoms with E-state index in [1.54, 1.807) is 11.3 Å². The molecular formula is C28H23Cl2N3S. The number of benzene rings is 3. The fourth-order valence-electron chi connectivity index (χ4n) is 4.74. The fraction of sp³-hybridized carbons (Fsp3) is 0.214. The first kappa shape index (κ1) is 21.8. The Kier molecular flexibility index (Phi) is 5.68. The quantitative estimate of drug-likeness (QED) is 0.232. The molecule has 34 heavy (non-hydrogen) atoms. The third kappa shape index (κ3) is 4.04. The Hall–Kier alpha value is -2.66. The monoisotopic (exact) mass is 503 g/mol. The molecule has 2 heterocycles. The normalized spacial score (nSPS) is 15.5. The van der Waals surface area contributed by atoms with E-state index >= 15 is 0 Å². The first-order valence-corrected chi connectivity index (χ1v) is 13.1. The van der Waals surface area contributed by atoms with Crippen molar-refractivity contribution in [1.82, 2.24) is 14.5 Å². The summed E-state index contributed by atoms with van der Waals surface area (Å²) < 4.78 is 2.43. The van der Waals surface area contributed by atoms with E-state index in [2.05, 4.69) is 58.9 Å². The summed E-state index contributed by atoms with van der Waals surface area (Å²) in [5, 5.41) is 4.60. The highest BCUT2D eigenvalue weighted by Gasteiger charge is 2.32. The Morgan fingerprint density at radius 3 is 2.15 bits per heavy atom. The summed E-state index contributed by atoms with van der Waals surface area (Å²) in [4.78, 5) is 9.77. The molecule has 6 heteroatoms. The smallest absolute Gasteiger partial charge is 0.113 e. The van der Waals surface area contributed by atoms with Gasteiger partial charge in [0, 0.05) is 27.5 Å². The third-order valence-electron chi connectivity index (χ3n) is 6.66. The van der Waals surface area contributed by atoms with E-state index in [-0.39, 0.29) is 12.0 Å². The molecule has 2 unspecified atom stereocenters. The molecule has 0 bridgehead atoms. The zero-order valence-corrected chi connectivity index (χ0v) is 21.0. The van der Waals surface area contributed by atoms with Crippen LogP contribution in [0.4, 0.5) is 0 Å². The highest BCUT2D eigenvalue weighted by Crippen LogP contribution is 2.43. The largest absolute Gasteiger partial charge is 0.320 e. The Balaban J connectivity index is 1.52. The van der Waals surface area contributed by atoms with Crippen molar-refractivity contribution in [2.75, 3.05) is 0 Å². The van der Waals surface area contributed by atoms with Crippen LogP contribution in [0.3, 0.4) is 0 Å². The SMILES string of the molecule is CC(c1ccc(Cl)cc1)n1c(C2CC2)nc2ccc(C(c3ccc(Cl)cc3)c3nccs3)cc21. The first-order valence-electron chi connectivity index (χ1n) is 11.5. The molecule has 0 radical (unpaired) electrons. The topological polar surface area (TPSA) is 30.7 Å². The summed E-state index contributed by atoms with van der Waals surface area (Å²) in [7, 11) is 0. The maximum atomic E-state index is 6.19. The summed E-state index contributed by atoms with van der Waals surface area (Å²) in [6.45, 7) is 2.25. The summed E-state index contributed by atoms with van der Waals surface area (Å²) >= 11 is 14.0. The van der Waals surface area contributed by atoms with Crippen molar-refractivity contribution in [2.24, 2.45) is 0 Å². The highest BCUT2D eigenvalue weighted by molar-refractivity contribution is 7.09. The second-order valence-corrected chi connectivity index (χ2v) is 10.7. The predicted molar refractivity (Wildman–Crippen MR) is 141 cm³/mol. The molecular weight excluding hydrogens is 481 g/mol. The van der Waals surface area contributed by atoms with Gasteiger partial charge < -0.3 is 4.57 Å². The van der Waals surface area contributed by atoms with Crippen molar-refractivity contribution in [3.63, 3.8) is 0 Å². The van der Waals surface area contributed by atoms with E-state index in [9.17, 15) is 0 Å². The van der Waals surface area contributed by atoms with E-state index in [4.69, 9.17) is 28.2 Å². The Labute approximate surface area is 213 Å². The number of aromatic nitrogens is 3. The van der Waals surface area contributed by atoms with E-state index in [1.807, 2.05) is 35.8 Å². The zero-order valence-electron chi connectivity index (χ0n) is 18.7. The first-order chi connectivity index (χ1) is 16.6. The second kappa shape index (κ2) is 8.84. The number of rotatable bonds is 6. The Morgan fingerprint density at radius 1 is 0.882 bits per heavy atom. The van der Waals surface area contributed by atoms with Gasteiger partial charge in [-0.05, 0) is 72.9 Å². The number of hydrogen-bond acceptors (Lipinski definition) is 3. The average molecular weight is 504 g/mol. The van der Waals surface area contributed by atoms with Gasteiger partial charge in [0.2, 0.25) is 0 Å². The van der Waals surface area contributed by atoms with Crippen LogP contribution in [0.25, 0.3) is 11.0 Å². The summed E-state index contributed by atoms with van der Waals surface area (Å²) in [5.74, 6) is 1.77. The van der Waals surface area contributed by atoms with Crippen molar-refractivity contribution in [2.45, 2.75) is 37.6 Å². The van der Waals surface area contributed by atoms with Gasteiger partial charge in [0.15, 0.2) is 0 Å². The number of nitrogens with zero attached hydrogens (tertiary/aromatic N) is 3. The minimum absolute atomic E-state index is 0.0419. The van der Waals surface area contributed by atoms with Crippen LogP contribution in [0.2, 0.25) is 10.0 Å². The van der Waals surface area contributed by atoms with Gasteiger partial charge in [-0.1, -0.05) is 53.5 Å². The van der Waals surface area contributed by atoms with Gasteiger partial charge in [-0.3, -0.25) is 0 Å². The molecule has 1 saturated carbocycles. The number of halogens is 2. The molecule has 0 N–H and O–H groups in total. The molecule has 0 amide bonds. The fourth-order valence-corrected chi connectivity index (χ4v) is 5.79. The van der Waals surface area contributed by atoms with Crippen molar-refractivity contribution in [3.05, 3.63) is 116 Å². The van der Waals surface area contributed by atoms with Gasteiger partial charge in [0.05, 0.1) is 23.0 Å². The van der Waals surface area contributed by atoms with Crippen LogP contribution in [0.5, 0.6) is 0 Å². The van der Waals surface area contributed by atoms with E-state index in [1.165, 1.54) is 35.4 Å². The lowest BCUT2D eigenvalue weighted by Crippen LogP contribution is -2.10. The third-order valence-corrected chi connectivity index (χ3v) is 8.00. The minimum atomic E-state index is 0.0419. The molecule has 1 aliphatic rings. The maximum absolute atomic E-state index is 6.19. The molecule has 0 aliphatic heterocycles. The molecule has 3 aromatic carbocycles. The summed E-state index contributed by atoms with van der Waals surface area (Å²) in [5.41, 5.74) is 5.82. The Morgan fingerprint density at radius 2 is 1.53 bits per heavy atom. The zero-order chi connectivity index (χ0) is 23.2. The highest BCUT2D eigenvalue weighted by atomic mass is 35.5. The standard InChI is InChI=1S/C28H23Cl2N3S/c1-17(18-4-9-22(29)10-5-18)33-25-16-21(8-13-24(25)32-27(33)20-2-3-20)26(28-31-14-15-34-28)19-6-11-23(30)12-7-19/h4-17,20,26H,2-3H2,1H3. The predicted octanol–water partition coefficient (Wildman–Crippen LogP) is 8.47. The van der Waals surface area contributed by atoms with Crippen molar-refractivity contribution < 1.29 is 0 Å². The Bertz CT molecular complexity index is 1440. The van der Waals surface area contributed by atoms with Gasteiger partial charge in [0.25, 0.3) is 0 Å². The lowest BCUT2D eigenvalue weighted by Gasteiger charge is -2.20. The molecule has 170 valence electrons. The number of imidazole rings is 1. The summed E-state index contributed by atoms with van der Waals surface area (Å²) in [6.07, 6.45) is 4.28. The van der Waals surface area contributed by atoms with E-state index < -0.39 is 0 Å². The lowest BCUT2D eigenvalue weighted by molar-refractivity contribution is 0.620.